The molecule has 0 saturated heterocycles. The van der Waals surface area contributed by atoms with Gasteiger partial charge in [0.15, 0.2) is 6.79 Å². The van der Waals surface area contributed by atoms with E-state index in [0.29, 0.717) is 18.7 Å². The number of rotatable bonds is 5. The summed E-state index contributed by atoms with van der Waals surface area (Å²) in [5, 5.41) is 0. The molecule has 1 heterocycles. The lowest BCUT2D eigenvalue weighted by atomic mass is 10.1. The number of likely N-dealkylation sites (N-methyl/N-ethyl adjacent to an activating group) is 2. The van der Waals surface area contributed by atoms with Crippen LogP contribution in [0.1, 0.15) is 15.9 Å². The van der Waals surface area contributed by atoms with E-state index in [9.17, 15) is 4.79 Å². The van der Waals surface area contributed by atoms with Crippen molar-refractivity contribution in [3.63, 3.8) is 0 Å². The average Bonchev–Trinajstić information content (AvgIpc) is 2.65. The molecule has 1 amide bonds. The van der Waals surface area contributed by atoms with Gasteiger partial charge in [-0.15, -0.1) is 0 Å². The second-order valence-electron chi connectivity index (χ2n) is 5.92. The van der Waals surface area contributed by atoms with Crippen molar-refractivity contribution in [3.05, 3.63) is 59.7 Å². The quantitative estimate of drug-likeness (QED) is 0.847. The highest BCUT2D eigenvalue weighted by molar-refractivity contribution is 5.94. The van der Waals surface area contributed by atoms with Crippen LogP contribution in [0, 0.1) is 0 Å². The van der Waals surface area contributed by atoms with E-state index in [1.165, 1.54) is 0 Å². The highest BCUT2D eigenvalue weighted by Gasteiger charge is 2.17. The molecule has 2 aromatic carbocycles. The van der Waals surface area contributed by atoms with E-state index in [1.54, 1.807) is 4.90 Å². The van der Waals surface area contributed by atoms with Crippen LogP contribution in [0.5, 0.6) is 5.75 Å². The number of ether oxygens (including phenoxy) is 2. The molecule has 0 fully saturated rings. The molecule has 5 nitrogen and oxygen atoms in total. The Balaban J connectivity index is 1.60. The van der Waals surface area contributed by atoms with Crippen molar-refractivity contribution >= 4 is 11.6 Å². The number of para-hydroxylation sites is 1. The minimum atomic E-state index is 0.00448. The first-order valence-corrected chi connectivity index (χ1v) is 8.00. The Morgan fingerprint density at radius 1 is 1.08 bits per heavy atom. The van der Waals surface area contributed by atoms with E-state index in [0.717, 1.165) is 23.5 Å². The van der Waals surface area contributed by atoms with E-state index in [4.69, 9.17) is 9.47 Å². The summed E-state index contributed by atoms with van der Waals surface area (Å²) in [5.41, 5.74) is 2.72. The van der Waals surface area contributed by atoms with Crippen molar-refractivity contribution in [1.82, 2.24) is 4.90 Å². The SMILES string of the molecule is CN(CCN(C)c1ccccc1)C(=O)c1ccc2c(c1)COCO2. The Morgan fingerprint density at radius 3 is 2.67 bits per heavy atom. The Kier molecular flexibility index (Phi) is 5.01. The summed E-state index contributed by atoms with van der Waals surface area (Å²) in [6.45, 7) is 2.17. The lowest BCUT2D eigenvalue weighted by Gasteiger charge is -2.24. The molecule has 0 atom stereocenters. The minimum Gasteiger partial charge on any atom is -0.467 e. The molecule has 0 saturated carbocycles. The Morgan fingerprint density at radius 2 is 1.88 bits per heavy atom. The molecule has 0 unspecified atom stereocenters. The fraction of sp³-hybridized carbons (Fsp3) is 0.316. The molecule has 5 heteroatoms. The second kappa shape index (κ2) is 7.36. The number of benzene rings is 2. The van der Waals surface area contributed by atoms with Gasteiger partial charge in [0.05, 0.1) is 6.61 Å². The van der Waals surface area contributed by atoms with Gasteiger partial charge in [-0.1, -0.05) is 18.2 Å². The van der Waals surface area contributed by atoms with Crippen LogP contribution in [-0.2, 0) is 11.3 Å². The molecule has 0 aliphatic carbocycles. The van der Waals surface area contributed by atoms with Gasteiger partial charge in [-0.25, -0.2) is 0 Å². The molecule has 0 bridgehead atoms. The van der Waals surface area contributed by atoms with Gasteiger partial charge in [-0.3, -0.25) is 4.79 Å². The van der Waals surface area contributed by atoms with Gasteiger partial charge >= 0.3 is 0 Å². The van der Waals surface area contributed by atoms with Crippen LogP contribution in [-0.4, -0.2) is 44.8 Å². The molecular weight excluding hydrogens is 304 g/mol. The number of amides is 1. The molecule has 2 aromatic rings. The molecule has 1 aliphatic heterocycles. The van der Waals surface area contributed by atoms with Crippen molar-refractivity contribution in [1.29, 1.82) is 0 Å². The standard InChI is InChI=1S/C19H22N2O3/c1-20(17-6-4-3-5-7-17)10-11-21(2)19(22)15-8-9-18-16(12-15)13-23-14-24-18/h3-9,12H,10-11,13-14H2,1-2H3. The number of anilines is 1. The molecule has 3 rings (SSSR count). The fourth-order valence-electron chi connectivity index (χ4n) is 2.66. The average molecular weight is 326 g/mol. The van der Waals surface area contributed by atoms with Crippen LogP contribution in [0.4, 0.5) is 5.69 Å². The van der Waals surface area contributed by atoms with Gasteiger partial charge in [0.1, 0.15) is 5.75 Å². The first-order chi connectivity index (χ1) is 11.6. The Labute approximate surface area is 142 Å². The normalized spacial score (nSPS) is 12.9. The number of nitrogens with zero attached hydrogens (tertiary/aromatic N) is 2. The number of carbonyl (C=O) groups is 1. The Bertz CT molecular complexity index is 703. The first-order valence-electron chi connectivity index (χ1n) is 8.00. The summed E-state index contributed by atoms with van der Waals surface area (Å²) in [6.07, 6.45) is 0. The zero-order valence-electron chi connectivity index (χ0n) is 14.1. The van der Waals surface area contributed by atoms with Crippen LogP contribution in [0.2, 0.25) is 0 Å². The van der Waals surface area contributed by atoms with E-state index < -0.39 is 0 Å². The Hall–Kier alpha value is -2.53. The zero-order chi connectivity index (χ0) is 16.9. The molecule has 0 spiro atoms. The van der Waals surface area contributed by atoms with E-state index in [-0.39, 0.29) is 12.7 Å². The first kappa shape index (κ1) is 16.3. The smallest absolute Gasteiger partial charge is 0.253 e. The predicted octanol–water partition coefficient (Wildman–Crippen LogP) is 2.76. The number of carbonyl (C=O) groups excluding carboxylic acids is 1. The van der Waals surface area contributed by atoms with Crippen molar-refractivity contribution in [2.75, 3.05) is 38.9 Å². The highest BCUT2D eigenvalue weighted by atomic mass is 16.7. The molecule has 0 N–H and O–H groups in total. The van der Waals surface area contributed by atoms with Crippen molar-refractivity contribution in [2.24, 2.45) is 0 Å². The van der Waals surface area contributed by atoms with Gasteiger partial charge < -0.3 is 19.3 Å². The summed E-state index contributed by atoms with van der Waals surface area (Å²) in [5.74, 6) is 0.800. The summed E-state index contributed by atoms with van der Waals surface area (Å²) < 4.78 is 10.7. The van der Waals surface area contributed by atoms with Crippen molar-refractivity contribution in [3.8, 4) is 5.75 Å². The summed E-state index contributed by atoms with van der Waals surface area (Å²) >= 11 is 0. The van der Waals surface area contributed by atoms with E-state index in [1.807, 2.05) is 50.5 Å². The second-order valence-corrected chi connectivity index (χ2v) is 5.92. The van der Waals surface area contributed by atoms with Gasteiger partial charge in [0, 0.05) is 44.0 Å². The topological polar surface area (TPSA) is 42.0 Å². The van der Waals surface area contributed by atoms with Crippen LogP contribution in [0.15, 0.2) is 48.5 Å². The largest absolute Gasteiger partial charge is 0.467 e. The van der Waals surface area contributed by atoms with Crippen LogP contribution in [0.25, 0.3) is 0 Å². The van der Waals surface area contributed by atoms with Crippen molar-refractivity contribution in [2.45, 2.75) is 6.61 Å². The maximum absolute atomic E-state index is 12.6. The van der Waals surface area contributed by atoms with Crippen LogP contribution >= 0.6 is 0 Å². The zero-order valence-corrected chi connectivity index (χ0v) is 14.1. The summed E-state index contributed by atoms with van der Waals surface area (Å²) in [6, 6.07) is 15.6. The van der Waals surface area contributed by atoms with Gasteiger partial charge in [-0.2, -0.15) is 0 Å². The molecule has 0 aromatic heterocycles. The monoisotopic (exact) mass is 326 g/mol. The van der Waals surface area contributed by atoms with Crippen LogP contribution < -0.4 is 9.64 Å². The lowest BCUT2D eigenvalue weighted by molar-refractivity contribution is -0.0164. The maximum atomic E-state index is 12.6. The fourth-order valence-corrected chi connectivity index (χ4v) is 2.66. The summed E-state index contributed by atoms with van der Waals surface area (Å²) in [7, 11) is 3.86. The minimum absolute atomic E-state index is 0.00448. The third kappa shape index (κ3) is 3.68. The molecule has 24 heavy (non-hydrogen) atoms. The van der Waals surface area contributed by atoms with E-state index in [2.05, 4.69) is 17.0 Å². The number of hydrogen-bond donors (Lipinski definition) is 0. The molecule has 126 valence electrons. The molecule has 0 radical (unpaired) electrons. The number of hydrogen-bond acceptors (Lipinski definition) is 4. The lowest BCUT2D eigenvalue weighted by Crippen LogP contribution is -2.34. The van der Waals surface area contributed by atoms with Crippen molar-refractivity contribution < 1.29 is 14.3 Å². The highest BCUT2D eigenvalue weighted by Crippen LogP contribution is 2.25. The van der Waals surface area contributed by atoms with Gasteiger partial charge in [0.2, 0.25) is 0 Å². The predicted molar refractivity (Wildman–Crippen MR) is 93.4 cm³/mol. The summed E-state index contributed by atoms with van der Waals surface area (Å²) in [4.78, 5) is 16.5. The number of fused-ring (bicyclic) bond motifs is 1. The third-order valence-corrected chi connectivity index (χ3v) is 4.18. The van der Waals surface area contributed by atoms with E-state index >= 15 is 0 Å². The van der Waals surface area contributed by atoms with Crippen LogP contribution in [0.3, 0.4) is 0 Å². The third-order valence-electron chi connectivity index (χ3n) is 4.18. The molecule has 1 aliphatic rings. The maximum Gasteiger partial charge on any atom is 0.253 e. The molecular formula is C19H22N2O3. The van der Waals surface area contributed by atoms with Gasteiger partial charge in [-0.05, 0) is 30.3 Å². The van der Waals surface area contributed by atoms with Gasteiger partial charge in [0.25, 0.3) is 5.91 Å².